The first-order valence-electron chi connectivity index (χ1n) is 9.29. The van der Waals surface area contributed by atoms with Gasteiger partial charge in [-0.05, 0) is 30.3 Å². The maximum absolute atomic E-state index is 14.4. The largest absolute Gasteiger partial charge is 0.463 e. The number of nitrogens with two attached hydrogens (primary N) is 1. The highest BCUT2D eigenvalue weighted by Gasteiger charge is 2.24. The molecule has 7 nitrogen and oxygen atoms in total. The maximum Gasteiger partial charge on any atom is 0.431 e. The summed E-state index contributed by atoms with van der Waals surface area (Å²) < 4.78 is 14.4. The number of benzene rings is 3. The van der Waals surface area contributed by atoms with Crippen molar-refractivity contribution in [2.24, 2.45) is 0 Å². The number of hydrogen-bond acceptors (Lipinski definition) is 4. The summed E-state index contributed by atoms with van der Waals surface area (Å²) in [7, 11) is 0. The molecule has 4 aromatic rings. The van der Waals surface area contributed by atoms with E-state index in [1.54, 1.807) is 48.5 Å². The van der Waals surface area contributed by atoms with Gasteiger partial charge >= 0.3 is 6.09 Å². The van der Waals surface area contributed by atoms with E-state index < -0.39 is 17.8 Å². The Morgan fingerprint density at radius 1 is 0.935 bits per heavy atom. The van der Waals surface area contributed by atoms with E-state index in [9.17, 15) is 19.1 Å². The van der Waals surface area contributed by atoms with Crippen molar-refractivity contribution in [3.8, 4) is 11.3 Å². The predicted molar refractivity (Wildman–Crippen MR) is 116 cm³/mol. The van der Waals surface area contributed by atoms with E-state index in [0.29, 0.717) is 15.9 Å². The quantitative estimate of drug-likeness (QED) is 0.428. The topological polar surface area (TPSA) is 109 Å². The molecule has 0 spiro atoms. The second kappa shape index (κ2) is 8.11. The highest BCUT2D eigenvalue weighted by Crippen LogP contribution is 2.33. The third kappa shape index (κ3) is 3.74. The Balaban J connectivity index is 1.86. The summed E-state index contributed by atoms with van der Waals surface area (Å²) in [4.78, 5) is 29.4. The van der Waals surface area contributed by atoms with Crippen LogP contribution >= 0.6 is 0 Å². The number of anilines is 2. The van der Waals surface area contributed by atoms with Crippen LogP contribution in [0.15, 0.2) is 78.9 Å². The Kier molecular flexibility index (Phi) is 5.19. The van der Waals surface area contributed by atoms with Crippen molar-refractivity contribution in [1.82, 2.24) is 10.4 Å². The van der Waals surface area contributed by atoms with Gasteiger partial charge in [0.1, 0.15) is 5.82 Å². The second-order valence-corrected chi connectivity index (χ2v) is 6.64. The minimum atomic E-state index is -1.38. The summed E-state index contributed by atoms with van der Waals surface area (Å²) in [5.41, 5.74) is 9.50. The van der Waals surface area contributed by atoms with Crippen LogP contribution in [0.5, 0.6) is 0 Å². The molecule has 4 N–H and O–H groups in total. The van der Waals surface area contributed by atoms with Crippen LogP contribution in [0, 0.1) is 5.82 Å². The summed E-state index contributed by atoms with van der Waals surface area (Å²) >= 11 is 0. The number of fused-ring (bicyclic) bond motifs is 1. The van der Waals surface area contributed by atoms with Crippen LogP contribution in [0.1, 0.15) is 10.4 Å². The summed E-state index contributed by atoms with van der Waals surface area (Å²) in [5, 5.41) is 10.7. The standard InChI is InChI=1S/C23H17FN4O3/c24-17-12-6-4-10-15(17)21-20(25)19(16-11-5-7-13-18(16)26-21)22(29)27-28(23(30)31)14-8-2-1-3-9-14/h1-13H,25H2,(H,27,29)(H,30,31). The minimum absolute atomic E-state index is 0.00559. The van der Waals surface area contributed by atoms with Crippen LogP contribution < -0.4 is 16.2 Å². The number of nitrogens with zero attached hydrogens (tertiary/aromatic N) is 2. The molecular weight excluding hydrogens is 399 g/mol. The molecule has 1 heterocycles. The summed E-state index contributed by atoms with van der Waals surface area (Å²) in [5.74, 6) is -1.31. The average molecular weight is 416 g/mol. The van der Waals surface area contributed by atoms with E-state index in [0.717, 1.165) is 0 Å². The van der Waals surface area contributed by atoms with Crippen LogP contribution in [-0.2, 0) is 0 Å². The van der Waals surface area contributed by atoms with Gasteiger partial charge in [-0.15, -0.1) is 0 Å². The Bertz CT molecular complexity index is 1290. The Hall–Kier alpha value is -4.46. The monoisotopic (exact) mass is 416 g/mol. The number of carbonyl (C=O) groups is 2. The van der Waals surface area contributed by atoms with E-state index in [1.165, 1.54) is 30.3 Å². The van der Waals surface area contributed by atoms with Crippen molar-refractivity contribution in [1.29, 1.82) is 0 Å². The van der Waals surface area contributed by atoms with E-state index in [2.05, 4.69) is 10.4 Å². The number of rotatable bonds is 3. The lowest BCUT2D eigenvalue weighted by atomic mass is 10.0. The Morgan fingerprint density at radius 2 is 1.58 bits per heavy atom. The fraction of sp³-hybridized carbons (Fsp3) is 0. The first-order valence-corrected chi connectivity index (χ1v) is 9.29. The second-order valence-electron chi connectivity index (χ2n) is 6.64. The molecule has 0 unspecified atom stereocenters. The molecule has 0 saturated carbocycles. The SMILES string of the molecule is Nc1c(-c2ccccc2F)nc2ccccc2c1C(=O)NN(C(=O)O)c1ccccc1. The molecular formula is C23H17FN4O3. The Morgan fingerprint density at radius 3 is 2.29 bits per heavy atom. The molecule has 0 bridgehead atoms. The number of para-hydroxylation sites is 2. The van der Waals surface area contributed by atoms with Crippen LogP contribution in [0.25, 0.3) is 22.2 Å². The molecule has 3 aromatic carbocycles. The lowest BCUT2D eigenvalue weighted by molar-refractivity contribution is 0.0946. The number of nitrogen functional groups attached to an aromatic ring is 1. The van der Waals surface area contributed by atoms with Crippen molar-refractivity contribution in [2.45, 2.75) is 0 Å². The smallest absolute Gasteiger partial charge is 0.431 e. The van der Waals surface area contributed by atoms with Gasteiger partial charge in [0.05, 0.1) is 28.1 Å². The number of carbonyl (C=O) groups excluding carboxylic acids is 1. The van der Waals surface area contributed by atoms with Crippen LogP contribution in [-0.4, -0.2) is 22.1 Å². The van der Waals surface area contributed by atoms with Crippen molar-refractivity contribution < 1.29 is 19.1 Å². The van der Waals surface area contributed by atoms with E-state index in [-0.39, 0.29) is 28.2 Å². The zero-order valence-electron chi connectivity index (χ0n) is 16.1. The summed E-state index contributed by atoms with van der Waals surface area (Å²) in [6.07, 6.45) is -1.38. The minimum Gasteiger partial charge on any atom is -0.463 e. The molecule has 0 aliphatic heterocycles. The molecule has 154 valence electrons. The third-order valence-corrected chi connectivity index (χ3v) is 4.71. The fourth-order valence-corrected chi connectivity index (χ4v) is 3.29. The molecule has 2 amide bonds. The van der Waals surface area contributed by atoms with Crippen molar-refractivity contribution in [3.63, 3.8) is 0 Å². The fourth-order valence-electron chi connectivity index (χ4n) is 3.29. The summed E-state index contributed by atoms with van der Waals surface area (Å²) in [6, 6.07) is 20.8. The lowest BCUT2D eigenvalue weighted by Gasteiger charge is -2.21. The molecule has 1 aromatic heterocycles. The molecule has 0 fully saturated rings. The number of hydrogen-bond donors (Lipinski definition) is 3. The highest BCUT2D eigenvalue weighted by molar-refractivity contribution is 6.14. The number of hydrazine groups is 1. The van der Waals surface area contributed by atoms with Crippen molar-refractivity contribution in [3.05, 3.63) is 90.2 Å². The normalized spacial score (nSPS) is 10.6. The van der Waals surface area contributed by atoms with Crippen LogP contribution in [0.2, 0.25) is 0 Å². The van der Waals surface area contributed by atoms with Gasteiger partial charge in [-0.2, -0.15) is 5.01 Å². The van der Waals surface area contributed by atoms with Gasteiger partial charge in [0.25, 0.3) is 5.91 Å². The number of carboxylic acid groups (broad SMARTS) is 1. The van der Waals surface area contributed by atoms with Gasteiger partial charge in [-0.3, -0.25) is 10.2 Å². The van der Waals surface area contributed by atoms with E-state index in [4.69, 9.17) is 5.73 Å². The Labute approximate surface area is 176 Å². The predicted octanol–water partition coefficient (Wildman–Crippen LogP) is 4.45. The molecule has 0 aliphatic rings. The molecule has 0 saturated heterocycles. The molecule has 0 radical (unpaired) electrons. The van der Waals surface area contributed by atoms with E-state index >= 15 is 0 Å². The molecule has 8 heteroatoms. The van der Waals surface area contributed by atoms with Gasteiger partial charge in [0.2, 0.25) is 0 Å². The maximum atomic E-state index is 14.4. The number of halogens is 1. The number of aromatic nitrogens is 1. The van der Waals surface area contributed by atoms with Gasteiger partial charge in [-0.1, -0.05) is 48.5 Å². The zero-order chi connectivity index (χ0) is 22.0. The molecule has 0 atom stereocenters. The zero-order valence-corrected chi connectivity index (χ0v) is 16.1. The van der Waals surface area contributed by atoms with Gasteiger partial charge in [0.15, 0.2) is 0 Å². The van der Waals surface area contributed by atoms with Crippen molar-refractivity contribution in [2.75, 3.05) is 10.7 Å². The highest BCUT2D eigenvalue weighted by atomic mass is 19.1. The third-order valence-electron chi connectivity index (χ3n) is 4.71. The number of amides is 2. The van der Waals surface area contributed by atoms with Gasteiger partial charge < -0.3 is 10.8 Å². The van der Waals surface area contributed by atoms with Crippen LogP contribution in [0.3, 0.4) is 0 Å². The van der Waals surface area contributed by atoms with Crippen LogP contribution in [0.4, 0.5) is 20.6 Å². The number of nitrogens with one attached hydrogen (secondary N) is 1. The number of pyridine rings is 1. The van der Waals surface area contributed by atoms with Crippen molar-refractivity contribution >= 4 is 34.3 Å². The molecule has 0 aliphatic carbocycles. The average Bonchev–Trinajstić information content (AvgIpc) is 2.78. The molecule has 31 heavy (non-hydrogen) atoms. The van der Waals surface area contributed by atoms with E-state index in [1.807, 2.05) is 0 Å². The lowest BCUT2D eigenvalue weighted by Crippen LogP contribution is -2.46. The van der Waals surface area contributed by atoms with Gasteiger partial charge in [-0.25, -0.2) is 14.2 Å². The first kappa shape index (κ1) is 19.8. The van der Waals surface area contributed by atoms with Gasteiger partial charge in [0, 0.05) is 10.9 Å². The first-order chi connectivity index (χ1) is 15.0. The summed E-state index contributed by atoms with van der Waals surface area (Å²) in [6.45, 7) is 0. The molecule has 4 rings (SSSR count).